The zero-order valence-corrected chi connectivity index (χ0v) is 10.9. The molecule has 0 unspecified atom stereocenters. The normalized spacial score (nSPS) is 10.9. The first-order valence-corrected chi connectivity index (χ1v) is 6.13. The van der Waals surface area contributed by atoms with E-state index in [1.807, 2.05) is 13.0 Å². The van der Waals surface area contributed by atoms with Gasteiger partial charge in [0.1, 0.15) is 0 Å². The summed E-state index contributed by atoms with van der Waals surface area (Å²) < 4.78 is 2.23. The fourth-order valence-electron chi connectivity index (χ4n) is 1.65. The largest absolute Gasteiger partial charge is 0.328 e. The molecule has 1 aromatic carbocycles. The van der Waals surface area contributed by atoms with Crippen LogP contribution in [0.15, 0.2) is 27.8 Å². The summed E-state index contributed by atoms with van der Waals surface area (Å²) in [7, 11) is 0. The molecule has 84 valence electrons. The van der Waals surface area contributed by atoms with E-state index in [0.717, 1.165) is 9.99 Å². The molecule has 2 rings (SSSR count). The number of fused-ring (bicyclic) bond motifs is 1. The Balaban J connectivity index is 2.85. The third-order valence-corrected chi connectivity index (χ3v) is 3.06. The van der Waals surface area contributed by atoms with Crippen molar-refractivity contribution in [1.29, 1.82) is 0 Å². The van der Waals surface area contributed by atoms with Gasteiger partial charge in [0.2, 0.25) is 0 Å². The molecule has 0 amide bonds. The molecule has 0 radical (unpaired) electrons. The lowest BCUT2D eigenvalue weighted by atomic mass is 10.2. The summed E-state index contributed by atoms with van der Waals surface area (Å²) >= 11 is 2.15. The number of nitrogens with zero attached hydrogens (tertiary/aromatic N) is 1. The summed E-state index contributed by atoms with van der Waals surface area (Å²) in [4.78, 5) is 26.4. The van der Waals surface area contributed by atoms with Gasteiger partial charge in [0.25, 0.3) is 5.56 Å². The number of aromatic amines is 1. The predicted octanol–water partition coefficient (Wildman–Crippen LogP) is 1.70. The molecule has 0 aliphatic heterocycles. The second kappa shape index (κ2) is 4.40. The van der Waals surface area contributed by atoms with Crippen LogP contribution in [0.2, 0.25) is 0 Å². The summed E-state index contributed by atoms with van der Waals surface area (Å²) in [5.74, 6) is 0. The number of halogens is 1. The van der Waals surface area contributed by atoms with Crippen LogP contribution in [0.4, 0.5) is 0 Å². The molecule has 0 spiro atoms. The first kappa shape index (κ1) is 11.4. The second-order valence-electron chi connectivity index (χ2n) is 3.58. The lowest BCUT2D eigenvalue weighted by Crippen LogP contribution is -2.34. The highest BCUT2D eigenvalue weighted by molar-refractivity contribution is 14.1. The topological polar surface area (TPSA) is 54.9 Å². The molecule has 1 heterocycles. The lowest BCUT2D eigenvalue weighted by molar-refractivity contribution is 0.623. The zero-order valence-electron chi connectivity index (χ0n) is 8.79. The molecule has 0 atom stereocenters. The van der Waals surface area contributed by atoms with Crippen LogP contribution in [-0.2, 0) is 6.54 Å². The van der Waals surface area contributed by atoms with Gasteiger partial charge in [-0.15, -0.1) is 0 Å². The Hall–Kier alpha value is -1.11. The SMILES string of the molecule is CCCn1c(=O)[nH]c2ccc(I)cc2c1=O. The molecular formula is C11H11IN2O2. The molecule has 1 N–H and O–H groups in total. The van der Waals surface area contributed by atoms with Crippen molar-refractivity contribution >= 4 is 33.5 Å². The fourth-order valence-corrected chi connectivity index (χ4v) is 2.14. The van der Waals surface area contributed by atoms with E-state index < -0.39 is 0 Å². The molecule has 1 aromatic heterocycles. The van der Waals surface area contributed by atoms with Crippen LogP contribution in [-0.4, -0.2) is 9.55 Å². The molecule has 0 aliphatic rings. The first-order valence-electron chi connectivity index (χ1n) is 5.06. The van der Waals surface area contributed by atoms with Gasteiger partial charge in [-0.25, -0.2) is 4.79 Å². The maximum atomic E-state index is 12.0. The average Bonchev–Trinajstić information content (AvgIpc) is 2.26. The highest BCUT2D eigenvalue weighted by Gasteiger charge is 2.06. The minimum Gasteiger partial charge on any atom is -0.307 e. The van der Waals surface area contributed by atoms with Gasteiger partial charge in [0.15, 0.2) is 0 Å². The van der Waals surface area contributed by atoms with Crippen LogP contribution in [0.1, 0.15) is 13.3 Å². The summed E-state index contributed by atoms with van der Waals surface area (Å²) in [6.45, 7) is 2.39. The highest BCUT2D eigenvalue weighted by atomic mass is 127. The van der Waals surface area contributed by atoms with E-state index in [1.165, 1.54) is 4.57 Å². The van der Waals surface area contributed by atoms with E-state index in [2.05, 4.69) is 27.6 Å². The van der Waals surface area contributed by atoms with E-state index in [4.69, 9.17) is 0 Å². The van der Waals surface area contributed by atoms with Gasteiger partial charge in [0, 0.05) is 10.1 Å². The standard InChI is InChI=1S/C11H11IN2O2/c1-2-5-14-10(15)8-6-7(12)3-4-9(8)13-11(14)16/h3-4,6H,2,5H2,1H3,(H,13,16). The molecule has 0 bridgehead atoms. The number of H-pyrrole nitrogens is 1. The van der Waals surface area contributed by atoms with Gasteiger partial charge in [-0.05, 0) is 47.2 Å². The molecule has 16 heavy (non-hydrogen) atoms. The van der Waals surface area contributed by atoms with E-state index in [0.29, 0.717) is 17.4 Å². The van der Waals surface area contributed by atoms with Crippen LogP contribution >= 0.6 is 22.6 Å². The van der Waals surface area contributed by atoms with Crippen molar-refractivity contribution in [3.63, 3.8) is 0 Å². The van der Waals surface area contributed by atoms with Gasteiger partial charge < -0.3 is 4.98 Å². The van der Waals surface area contributed by atoms with E-state index in [1.54, 1.807) is 12.1 Å². The predicted molar refractivity (Wildman–Crippen MR) is 71.8 cm³/mol. The Kier molecular flexibility index (Phi) is 3.13. The average molecular weight is 330 g/mol. The maximum absolute atomic E-state index is 12.0. The number of hydrogen-bond acceptors (Lipinski definition) is 2. The number of nitrogens with one attached hydrogen (secondary N) is 1. The Labute approximate surface area is 105 Å². The minimum atomic E-state index is -0.333. The van der Waals surface area contributed by atoms with Crippen molar-refractivity contribution < 1.29 is 0 Å². The number of benzene rings is 1. The summed E-state index contributed by atoms with van der Waals surface area (Å²) in [6, 6.07) is 5.42. The number of hydrogen-bond donors (Lipinski definition) is 1. The molecule has 0 saturated carbocycles. The van der Waals surface area contributed by atoms with Gasteiger partial charge >= 0.3 is 5.69 Å². The number of aromatic nitrogens is 2. The van der Waals surface area contributed by atoms with Crippen molar-refractivity contribution in [2.45, 2.75) is 19.9 Å². The number of rotatable bonds is 2. The molecule has 5 heteroatoms. The quantitative estimate of drug-likeness (QED) is 0.853. The lowest BCUT2D eigenvalue weighted by Gasteiger charge is -2.04. The van der Waals surface area contributed by atoms with E-state index in [9.17, 15) is 9.59 Å². The summed E-state index contributed by atoms with van der Waals surface area (Å²) in [6.07, 6.45) is 0.762. The smallest absolute Gasteiger partial charge is 0.307 e. The fraction of sp³-hybridized carbons (Fsp3) is 0.273. The zero-order chi connectivity index (χ0) is 11.7. The highest BCUT2D eigenvalue weighted by Crippen LogP contribution is 2.10. The monoisotopic (exact) mass is 330 g/mol. The van der Waals surface area contributed by atoms with Gasteiger partial charge in [-0.2, -0.15) is 0 Å². The van der Waals surface area contributed by atoms with Crippen molar-refractivity contribution in [2.75, 3.05) is 0 Å². The third-order valence-electron chi connectivity index (χ3n) is 2.39. The van der Waals surface area contributed by atoms with Crippen LogP contribution < -0.4 is 11.2 Å². The Morgan fingerprint density at radius 3 is 2.81 bits per heavy atom. The van der Waals surface area contributed by atoms with Crippen molar-refractivity contribution in [3.8, 4) is 0 Å². The summed E-state index contributed by atoms with van der Waals surface area (Å²) in [5, 5.41) is 0.569. The van der Waals surface area contributed by atoms with Crippen molar-refractivity contribution in [2.24, 2.45) is 0 Å². The van der Waals surface area contributed by atoms with Gasteiger partial charge in [-0.1, -0.05) is 6.92 Å². The van der Waals surface area contributed by atoms with Crippen LogP contribution in [0.25, 0.3) is 10.9 Å². The molecule has 0 saturated heterocycles. The van der Waals surface area contributed by atoms with Crippen molar-refractivity contribution in [3.05, 3.63) is 42.6 Å². The van der Waals surface area contributed by atoms with Gasteiger partial charge in [0.05, 0.1) is 10.9 Å². The molecule has 4 nitrogen and oxygen atoms in total. The molecule has 2 aromatic rings. The van der Waals surface area contributed by atoms with Crippen LogP contribution in [0.5, 0.6) is 0 Å². The minimum absolute atomic E-state index is 0.209. The van der Waals surface area contributed by atoms with Crippen LogP contribution in [0, 0.1) is 3.57 Å². The maximum Gasteiger partial charge on any atom is 0.328 e. The van der Waals surface area contributed by atoms with Gasteiger partial charge in [-0.3, -0.25) is 9.36 Å². The third kappa shape index (κ3) is 1.91. The van der Waals surface area contributed by atoms with Crippen LogP contribution in [0.3, 0.4) is 0 Å². The molecular weight excluding hydrogens is 319 g/mol. The Bertz CT molecular complexity index is 642. The Morgan fingerprint density at radius 1 is 1.38 bits per heavy atom. The second-order valence-corrected chi connectivity index (χ2v) is 4.82. The molecule has 0 aliphatic carbocycles. The van der Waals surface area contributed by atoms with E-state index >= 15 is 0 Å². The first-order chi connectivity index (χ1) is 7.63. The Morgan fingerprint density at radius 2 is 2.12 bits per heavy atom. The summed E-state index contributed by atoms with van der Waals surface area (Å²) in [5.41, 5.74) is 0.0578. The van der Waals surface area contributed by atoms with E-state index in [-0.39, 0.29) is 11.2 Å². The van der Waals surface area contributed by atoms with Crippen molar-refractivity contribution in [1.82, 2.24) is 9.55 Å². The molecule has 0 fully saturated rings.